The number of hydrogen-bond donors (Lipinski definition) is 3. The maximum atomic E-state index is 13.8. The lowest BCUT2D eigenvalue weighted by Crippen LogP contribution is -2.53. The third-order valence-corrected chi connectivity index (χ3v) is 7.57. The minimum atomic E-state index is -1.29. The van der Waals surface area contributed by atoms with Crippen molar-refractivity contribution in [3.05, 3.63) is 95.6 Å². The summed E-state index contributed by atoms with van der Waals surface area (Å²) in [6, 6.07) is 23.5. The molecule has 4 atom stereocenters. The summed E-state index contributed by atoms with van der Waals surface area (Å²) in [5.74, 6) is -2.16. The number of aromatic hydroxyl groups is 1. The zero-order valence-electron chi connectivity index (χ0n) is 19.0. The summed E-state index contributed by atoms with van der Waals surface area (Å²) in [5.41, 5.74) is 2.03. The number of fused-ring (bicyclic) bond motifs is 4. The van der Waals surface area contributed by atoms with Crippen molar-refractivity contribution in [2.75, 3.05) is 11.9 Å². The smallest absolute Gasteiger partial charge is 0.250 e. The van der Waals surface area contributed by atoms with Crippen molar-refractivity contribution in [1.29, 1.82) is 0 Å². The average Bonchev–Trinajstić information content (AvgIpc) is 3.44. The first kappa shape index (κ1) is 21.6. The van der Waals surface area contributed by atoms with Crippen LogP contribution in [0.3, 0.4) is 0 Å². The van der Waals surface area contributed by atoms with Gasteiger partial charge in [-0.2, -0.15) is 0 Å². The third kappa shape index (κ3) is 3.26. The molecule has 3 amide bonds. The molecular formula is C28H25N3O4. The highest BCUT2D eigenvalue weighted by Gasteiger charge is 2.70. The molecule has 3 aromatic carbocycles. The molecule has 7 heteroatoms. The molecule has 3 aliphatic rings. The highest BCUT2D eigenvalue weighted by molar-refractivity contribution is 6.15. The molecule has 35 heavy (non-hydrogen) atoms. The van der Waals surface area contributed by atoms with Crippen LogP contribution in [0.5, 0.6) is 5.75 Å². The van der Waals surface area contributed by atoms with Gasteiger partial charge in [0.2, 0.25) is 17.7 Å². The van der Waals surface area contributed by atoms with Crippen LogP contribution in [0, 0.1) is 11.8 Å². The summed E-state index contributed by atoms with van der Waals surface area (Å²) in [6.07, 6.45) is 1.01. The maximum Gasteiger partial charge on any atom is 0.250 e. The topological polar surface area (TPSA) is 98.7 Å². The fraction of sp³-hybridized carbons (Fsp3) is 0.250. The van der Waals surface area contributed by atoms with Crippen LogP contribution in [0.4, 0.5) is 5.69 Å². The van der Waals surface area contributed by atoms with E-state index in [9.17, 15) is 19.5 Å². The fourth-order valence-electron chi connectivity index (χ4n) is 5.98. The Kier molecular flexibility index (Phi) is 4.96. The van der Waals surface area contributed by atoms with Gasteiger partial charge in [0.15, 0.2) is 0 Å². The molecule has 0 radical (unpaired) electrons. The molecule has 0 unspecified atom stereocenters. The number of likely N-dealkylation sites (tertiary alicyclic amines) is 1. The molecule has 2 saturated heterocycles. The van der Waals surface area contributed by atoms with E-state index in [0.717, 1.165) is 11.1 Å². The molecule has 7 nitrogen and oxygen atoms in total. The SMILES string of the molecule is O=C1[C@@H]2[C@@H](C(=O)N1CCc1ccccc1)[C@@]1(N[C@@H]2Cc2ccc(O)cc2)C(=O)Nc2ccccc21. The van der Waals surface area contributed by atoms with Gasteiger partial charge in [-0.1, -0.05) is 60.7 Å². The van der Waals surface area contributed by atoms with Gasteiger partial charge >= 0.3 is 0 Å². The van der Waals surface area contributed by atoms with Gasteiger partial charge in [0.05, 0.1) is 11.8 Å². The van der Waals surface area contributed by atoms with Crippen LogP contribution in [0.25, 0.3) is 0 Å². The van der Waals surface area contributed by atoms with Crippen LogP contribution in [-0.4, -0.2) is 40.3 Å². The molecule has 1 spiro atoms. The minimum Gasteiger partial charge on any atom is -0.508 e. The molecule has 0 saturated carbocycles. The predicted octanol–water partition coefficient (Wildman–Crippen LogP) is 2.60. The first-order valence-electron chi connectivity index (χ1n) is 11.8. The van der Waals surface area contributed by atoms with Crippen LogP contribution < -0.4 is 10.6 Å². The summed E-state index contributed by atoms with van der Waals surface area (Å²) in [7, 11) is 0. The van der Waals surface area contributed by atoms with Crippen molar-refractivity contribution in [3.63, 3.8) is 0 Å². The number of phenolic OH excluding ortho intramolecular Hbond substituents is 1. The number of nitrogens with one attached hydrogen (secondary N) is 2. The number of para-hydroxylation sites is 1. The number of imide groups is 1. The number of nitrogens with zero attached hydrogens (tertiary/aromatic N) is 1. The molecule has 3 aromatic rings. The van der Waals surface area contributed by atoms with E-state index < -0.39 is 23.4 Å². The lowest BCUT2D eigenvalue weighted by atomic mass is 9.76. The highest BCUT2D eigenvalue weighted by Crippen LogP contribution is 2.53. The van der Waals surface area contributed by atoms with Crippen molar-refractivity contribution in [1.82, 2.24) is 10.2 Å². The van der Waals surface area contributed by atoms with E-state index in [-0.39, 0.29) is 30.0 Å². The van der Waals surface area contributed by atoms with Gasteiger partial charge < -0.3 is 10.4 Å². The number of carbonyl (C=O) groups is 3. The van der Waals surface area contributed by atoms with E-state index in [1.54, 1.807) is 24.3 Å². The highest BCUT2D eigenvalue weighted by atomic mass is 16.3. The van der Waals surface area contributed by atoms with Crippen molar-refractivity contribution < 1.29 is 19.5 Å². The summed E-state index contributed by atoms with van der Waals surface area (Å²) in [6.45, 7) is 0.278. The molecule has 0 aliphatic carbocycles. The number of rotatable bonds is 5. The lowest BCUT2D eigenvalue weighted by molar-refractivity contribution is -0.142. The Labute approximate surface area is 202 Å². The van der Waals surface area contributed by atoms with Crippen LogP contribution in [0.1, 0.15) is 16.7 Å². The van der Waals surface area contributed by atoms with Gasteiger partial charge in [0.25, 0.3) is 0 Å². The maximum absolute atomic E-state index is 13.8. The van der Waals surface area contributed by atoms with E-state index in [0.29, 0.717) is 24.1 Å². The second-order valence-corrected chi connectivity index (χ2v) is 9.50. The van der Waals surface area contributed by atoms with Gasteiger partial charge in [-0.05, 0) is 42.2 Å². The van der Waals surface area contributed by atoms with Gasteiger partial charge in [-0.3, -0.25) is 24.6 Å². The Morgan fingerprint density at radius 2 is 1.54 bits per heavy atom. The molecule has 0 bridgehead atoms. The molecule has 3 N–H and O–H groups in total. The predicted molar refractivity (Wildman–Crippen MR) is 129 cm³/mol. The normalized spacial score (nSPS) is 26.8. The average molecular weight is 468 g/mol. The van der Waals surface area contributed by atoms with Crippen LogP contribution in [-0.2, 0) is 32.8 Å². The molecular weight excluding hydrogens is 442 g/mol. The van der Waals surface area contributed by atoms with E-state index >= 15 is 0 Å². The standard InChI is InChI=1S/C28H25N3O4/c32-19-12-10-18(11-13-19)16-22-23-24(28(30-22)20-8-4-5-9-21(20)29-27(28)35)26(34)31(25(23)33)15-14-17-6-2-1-3-7-17/h1-13,22-24,30,32H,14-16H2,(H,29,35)/t22-,23+,24+,28-/m1/s1. The summed E-state index contributed by atoms with van der Waals surface area (Å²) in [5, 5.41) is 16.0. The zero-order chi connectivity index (χ0) is 24.2. The lowest BCUT2D eigenvalue weighted by Gasteiger charge is -2.29. The Bertz CT molecular complexity index is 1320. The largest absolute Gasteiger partial charge is 0.508 e. The van der Waals surface area contributed by atoms with Gasteiger partial charge in [-0.25, -0.2) is 0 Å². The monoisotopic (exact) mass is 467 g/mol. The summed E-state index contributed by atoms with van der Waals surface area (Å²) < 4.78 is 0. The molecule has 6 rings (SSSR count). The summed E-state index contributed by atoms with van der Waals surface area (Å²) in [4.78, 5) is 42.4. The van der Waals surface area contributed by atoms with E-state index in [1.165, 1.54) is 4.90 Å². The minimum absolute atomic E-state index is 0.158. The van der Waals surface area contributed by atoms with E-state index in [4.69, 9.17) is 0 Å². The second kappa shape index (κ2) is 8.06. The van der Waals surface area contributed by atoms with Gasteiger partial charge in [-0.15, -0.1) is 0 Å². The van der Waals surface area contributed by atoms with E-state index in [2.05, 4.69) is 10.6 Å². The van der Waals surface area contributed by atoms with Crippen molar-refractivity contribution >= 4 is 23.4 Å². The van der Waals surface area contributed by atoms with Crippen molar-refractivity contribution in [2.45, 2.75) is 24.4 Å². The van der Waals surface area contributed by atoms with Crippen LogP contribution >= 0.6 is 0 Å². The number of phenols is 1. The molecule has 3 heterocycles. The second-order valence-electron chi connectivity index (χ2n) is 9.50. The number of carbonyl (C=O) groups excluding carboxylic acids is 3. The molecule has 3 aliphatic heterocycles. The Morgan fingerprint density at radius 3 is 2.31 bits per heavy atom. The third-order valence-electron chi connectivity index (χ3n) is 7.57. The van der Waals surface area contributed by atoms with Crippen LogP contribution in [0.2, 0.25) is 0 Å². The van der Waals surface area contributed by atoms with Crippen molar-refractivity contribution in [2.24, 2.45) is 11.8 Å². The molecule has 2 fully saturated rings. The number of benzene rings is 3. The number of amides is 3. The number of hydrogen-bond acceptors (Lipinski definition) is 5. The Hall–Kier alpha value is -3.97. The molecule has 176 valence electrons. The Morgan fingerprint density at radius 1 is 0.829 bits per heavy atom. The Balaban J connectivity index is 1.39. The fourth-order valence-corrected chi connectivity index (χ4v) is 5.98. The summed E-state index contributed by atoms with van der Waals surface area (Å²) >= 11 is 0. The van der Waals surface area contributed by atoms with Crippen molar-refractivity contribution in [3.8, 4) is 5.75 Å². The quantitative estimate of drug-likeness (QED) is 0.501. The zero-order valence-corrected chi connectivity index (χ0v) is 19.0. The number of anilines is 1. The van der Waals surface area contributed by atoms with Crippen LogP contribution in [0.15, 0.2) is 78.9 Å². The van der Waals surface area contributed by atoms with E-state index in [1.807, 2.05) is 54.6 Å². The first-order valence-corrected chi connectivity index (χ1v) is 11.8. The van der Waals surface area contributed by atoms with Gasteiger partial charge in [0.1, 0.15) is 11.3 Å². The first-order chi connectivity index (χ1) is 17.0. The van der Waals surface area contributed by atoms with Gasteiger partial charge in [0, 0.05) is 23.8 Å². The molecule has 0 aromatic heterocycles.